The van der Waals surface area contributed by atoms with E-state index >= 15 is 4.39 Å². The van der Waals surface area contributed by atoms with Gasteiger partial charge in [0.1, 0.15) is 23.6 Å². The summed E-state index contributed by atoms with van der Waals surface area (Å²) in [6.07, 6.45) is 0.272. The number of ether oxygens (including phenoxy) is 2. The molecule has 0 aromatic heterocycles. The first kappa shape index (κ1) is 22.9. The largest absolute Gasteiger partial charge is 0.367 e. The molecule has 0 unspecified atom stereocenters. The van der Waals surface area contributed by atoms with Gasteiger partial charge < -0.3 is 20.1 Å². The standard InChI is InChI=1S/C26H29FN4O3/c1-31-15-26(16-31)22-10-17(4-6-20(22)14-34-26)18-3-5-19(23(27)11-18)9-21(12-28)30-25(32)24-13-29-7-2-8-33-24/h3-6,10-11,21,24,29H,2,7-9,13-16H2,1H3,(H,30,32)/t21-,24-/m0/s1. The minimum atomic E-state index is -0.840. The molecular weight excluding hydrogens is 435 g/mol. The molecule has 34 heavy (non-hydrogen) atoms. The number of hydrogen-bond donors (Lipinski definition) is 2. The lowest BCUT2D eigenvalue weighted by atomic mass is 9.84. The highest BCUT2D eigenvalue weighted by atomic mass is 19.1. The third-order valence-corrected chi connectivity index (χ3v) is 6.88. The SMILES string of the molecule is CN1CC2(C1)OCc1ccc(-c3ccc(C[C@@H](C#N)NC(=O)[C@@H]4CNCCCO4)c(F)c3)cc12. The third-order valence-electron chi connectivity index (χ3n) is 6.88. The van der Waals surface area contributed by atoms with Gasteiger partial charge in [0.2, 0.25) is 0 Å². The van der Waals surface area contributed by atoms with E-state index in [-0.39, 0.29) is 17.9 Å². The van der Waals surface area contributed by atoms with Gasteiger partial charge in [0.15, 0.2) is 0 Å². The Bertz CT molecular complexity index is 1110. The Hall–Kier alpha value is -2.83. The maximum absolute atomic E-state index is 15.0. The van der Waals surface area contributed by atoms with Crippen molar-refractivity contribution in [2.24, 2.45) is 0 Å². The fourth-order valence-corrected chi connectivity index (χ4v) is 5.08. The summed E-state index contributed by atoms with van der Waals surface area (Å²) in [6.45, 7) is 4.01. The van der Waals surface area contributed by atoms with Crippen molar-refractivity contribution >= 4 is 5.91 Å². The number of fused-ring (bicyclic) bond motifs is 2. The summed E-state index contributed by atoms with van der Waals surface area (Å²) in [5, 5.41) is 15.4. The molecule has 2 aromatic carbocycles. The van der Waals surface area contributed by atoms with Gasteiger partial charge in [-0.2, -0.15) is 5.26 Å². The van der Waals surface area contributed by atoms with Crippen molar-refractivity contribution in [3.63, 3.8) is 0 Å². The van der Waals surface area contributed by atoms with Crippen molar-refractivity contribution in [1.82, 2.24) is 15.5 Å². The van der Waals surface area contributed by atoms with E-state index < -0.39 is 18.0 Å². The summed E-state index contributed by atoms with van der Waals surface area (Å²) in [7, 11) is 2.07. The average molecular weight is 465 g/mol. The van der Waals surface area contributed by atoms with Crippen LogP contribution in [0.3, 0.4) is 0 Å². The number of nitrogens with one attached hydrogen (secondary N) is 2. The number of benzene rings is 2. The Balaban J connectivity index is 1.29. The second-order valence-corrected chi connectivity index (χ2v) is 9.44. The minimum absolute atomic E-state index is 0.0853. The van der Waals surface area contributed by atoms with Gasteiger partial charge >= 0.3 is 0 Å². The smallest absolute Gasteiger partial charge is 0.251 e. The minimum Gasteiger partial charge on any atom is -0.367 e. The fraction of sp³-hybridized carbons (Fsp3) is 0.462. The summed E-state index contributed by atoms with van der Waals surface area (Å²) in [5.74, 6) is -0.747. The zero-order valence-electron chi connectivity index (χ0n) is 19.3. The van der Waals surface area contributed by atoms with E-state index in [2.05, 4.69) is 40.8 Å². The molecule has 1 spiro atoms. The van der Waals surface area contributed by atoms with Crippen LogP contribution in [0.2, 0.25) is 0 Å². The molecule has 2 saturated heterocycles. The molecule has 7 nitrogen and oxygen atoms in total. The van der Waals surface area contributed by atoms with E-state index in [1.54, 1.807) is 6.07 Å². The van der Waals surface area contributed by atoms with E-state index in [1.807, 2.05) is 12.1 Å². The van der Waals surface area contributed by atoms with Gasteiger partial charge in [0.25, 0.3) is 5.91 Å². The van der Waals surface area contributed by atoms with E-state index in [9.17, 15) is 10.1 Å². The number of nitriles is 1. The lowest BCUT2D eigenvalue weighted by molar-refractivity contribution is -0.133. The second-order valence-electron chi connectivity index (χ2n) is 9.44. The molecule has 8 heteroatoms. The van der Waals surface area contributed by atoms with E-state index in [4.69, 9.17) is 9.47 Å². The first-order valence-corrected chi connectivity index (χ1v) is 11.7. The molecule has 2 aromatic rings. The van der Waals surface area contributed by atoms with E-state index in [0.717, 1.165) is 37.2 Å². The lowest BCUT2D eigenvalue weighted by Crippen LogP contribution is -2.57. The third kappa shape index (κ3) is 4.44. The molecule has 2 fully saturated rings. The predicted octanol–water partition coefficient (Wildman–Crippen LogP) is 2.09. The van der Waals surface area contributed by atoms with Gasteiger partial charge in [0, 0.05) is 32.7 Å². The molecule has 3 heterocycles. The first-order chi connectivity index (χ1) is 16.5. The van der Waals surface area contributed by atoms with E-state index in [1.165, 1.54) is 17.2 Å². The number of carbonyl (C=O) groups is 1. The second kappa shape index (κ2) is 9.43. The van der Waals surface area contributed by atoms with Crippen molar-refractivity contribution in [3.8, 4) is 17.2 Å². The quantitative estimate of drug-likeness (QED) is 0.705. The van der Waals surface area contributed by atoms with Crippen LogP contribution in [-0.4, -0.2) is 62.8 Å². The van der Waals surface area contributed by atoms with E-state index in [0.29, 0.717) is 25.3 Å². The molecule has 0 aliphatic carbocycles. The number of amides is 1. The fourth-order valence-electron chi connectivity index (χ4n) is 5.08. The number of likely N-dealkylation sites (tertiary alicyclic amines) is 1. The van der Waals surface area contributed by atoms with Crippen molar-refractivity contribution in [2.45, 2.75) is 37.2 Å². The Morgan fingerprint density at radius 3 is 2.88 bits per heavy atom. The Kier molecular flexibility index (Phi) is 6.36. The highest BCUT2D eigenvalue weighted by Gasteiger charge is 2.48. The number of carbonyl (C=O) groups excluding carboxylic acids is 1. The maximum atomic E-state index is 15.0. The van der Waals surface area contributed by atoms with Crippen LogP contribution in [0, 0.1) is 17.1 Å². The number of hydrogen-bond acceptors (Lipinski definition) is 6. The molecular formula is C26H29FN4O3. The van der Waals surface area contributed by atoms with Crippen LogP contribution in [0.4, 0.5) is 4.39 Å². The summed E-state index contributed by atoms with van der Waals surface area (Å²) < 4.78 is 26.7. The summed E-state index contributed by atoms with van der Waals surface area (Å²) in [6, 6.07) is 12.5. The summed E-state index contributed by atoms with van der Waals surface area (Å²) in [5.41, 5.74) is 4.23. The topological polar surface area (TPSA) is 86.6 Å². The Labute approximate surface area is 198 Å². The Morgan fingerprint density at radius 2 is 2.12 bits per heavy atom. The van der Waals surface area contributed by atoms with Crippen LogP contribution in [0.25, 0.3) is 11.1 Å². The number of halogens is 1. The van der Waals surface area contributed by atoms with Gasteiger partial charge in [0.05, 0.1) is 12.7 Å². The van der Waals surface area contributed by atoms with Crippen LogP contribution < -0.4 is 10.6 Å². The van der Waals surface area contributed by atoms with Gasteiger partial charge in [-0.25, -0.2) is 4.39 Å². The Morgan fingerprint density at radius 1 is 1.32 bits per heavy atom. The number of nitrogens with zero attached hydrogens (tertiary/aromatic N) is 2. The molecule has 5 rings (SSSR count). The number of rotatable bonds is 5. The zero-order chi connectivity index (χ0) is 23.7. The van der Waals surface area contributed by atoms with Crippen molar-refractivity contribution in [1.29, 1.82) is 5.26 Å². The molecule has 3 aliphatic heterocycles. The highest BCUT2D eigenvalue weighted by molar-refractivity contribution is 5.81. The van der Waals surface area contributed by atoms with Crippen molar-refractivity contribution < 1.29 is 18.7 Å². The molecule has 0 bridgehead atoms. The number of likely N-dealkylation sites (N-methyl/N-ethyl adjacent to an activating group) is 1. The molecule has 0 saturated carbocycles. The molecule has 1 amide bonds. The van der Waals surface area contributed by atoms with Crippen LogP contribution >= 0.6 is 0 Å². The first-order valence-electron chi connectivity index (χ1n) is 11.7. The molecule has 178 valence electrons. The lowest BCUT2D eigenvalue weighted by Gasteiger charge is -2.45. The average Bonchev–Trinajstić information content (AvgIpc) is 2.99. The molecule has 2 atom stereocenters. The molecule has 3 aliphatic rings. The molecule has 0 radical (unpaired) electrons. The highest BCUT2D eigenvalue weighted by Crippen LogP contribution is 2.44. The monoisotopic (exact) mass is 464 g/mol. The summed E-state index contributed by atoms with van der Waals surface area (Å²) >= 11 is 0. The van der Waals surface area contributed by atoms with Crippen molar-refractivity contribution in [2.75, 3.05) is 39.8 Å². The maximum Gasteiger partial charge on any atom is 0.251 e. The van der Waals surface area contributed by atoms with Gasteiger partial charge in [-0.1, -0.05) is 24.3 Å². The van der Waals surface area contributed by atoms with Crippen LogP contribution in [0.15, 0.2) is 36.4 Å². The van der Waals surface area contributed by atoms with Crippen molar-refractivity contribution in [3.05, 3.63) is 58.9 Å². The summed E-state index contributed by atoms with van der Waals surface area (Å²) in [4.78, 5) is 14.7. The predicted molar refractivity (Wildman–Crippen MR) is 124 cm³/mol. The zero-order valence-corrected chi connectivity index (χ0v) is 19.3. The van der Waals surface area contributed by atoms with Crippen LogP contribution in [-0.2, 0) is 32.9 Å². The molecule has 2 N–H and O–H groups in total. The normalized spacial score (nSPS) is 22.3. The van der Waals surface area contributed by atoms with Crippen LogP contribution in [0.1, 0.15) is 23.1 Å². The van der Waals surface area contributed by atoms with Crippen LogP contribution in [0.5, 0.6) is 0 Å². The van der Waals surface area contributed by atoms with Gasteiger partial charge in [-0.05, 0) is 60.0 Å². The van der Waals surface area contributed by atoms with Gasteiger partial charge in [-0.15, -0.1) is 0 Å². The van der Waals surface area contributed by atoms with Gasteiger partial charge in [-0.3, -0.25) is 9.69 Å².